The molecule has 0 saturated carbocycles. The third-order valence-corrected chi connectivity index (χ3v) is 1.50. The van der Waals surface area contributed by atoms with Crippen molar-refractivity contribution in [1.82, 2.24) is 0 Å². The van der Waals surface area contributed by atoms with E-state index in [1.54, 1.807) is 6.01 Å². The molecule has 1 heterocycles. The van der Waals surface area contributed by atoms with Crippen LogP contribution in [0.5, 0.6) is 0 Å². The Morgan fingerprint density at radius 2 is 2.21 bits per heavy atom. The zero-order chi connectivity index (χ0) is 10.4. The smallest absolute Gasteiger partial charge is 0.433 e. The number of rotatable bonds is 1. The maximum atomic E-state index is 10.5. The van der Waals surface area contributed by atoms with Crippen molar-refractivity contribution < 1.29 is 14.3 Å². The van der Waals surface area contributed by atoms with Gasteiger partial charge in [0.15, 0.2) is 5.84 Å². The summed E-state index contributed by atoms with van der Waals surface area (Å²) in [6.45, 7) is 0.0923. The monoisotopic (exact) mass is 194 g/mol. The summed E-state index contributed by atoms with van der Waals surface area (Å²) < 4.78 is 9.13. The number of carbonyl (C=O) groups excluding carboxylic acids is 1. The SMILES string of the molecule is N#CN=C(N=C=N)C1COC(=O)OC1. The highest BCUT2D eigenvalue weighted by Gasteiger charge is 2.25. The first-order valence-corrected chi connectivity index (χ1v) is 3.66. The van der Waals surface area contributed by atoms with Gasteiger partial charge in [0, 0.05) is 0 Å². The molecule has 1 fully saturated rings. The highest BCUT2D eigenvalue weighted by atomic mass is 16.7. The van der Waals surface area contributed by atoms with Gasteiger partial charge in [0.1, 0.15) is 13.2 Å². The maximum Gasteiger partial charge on any atom is 0.508 e. The topological polar surface area (TPSA) is 108 Å². The third-order valence-electron chi connectivity index (χ3n) is 1.50. The van der Waals surface area contributed by atoms with Crippen molar-refractivity contribution in [2.75, 3.05) is 13.2 Å². The molecule has 7 nitrogen and oxygen atoms in total. The van der Waals surface area contributed by atoms with E-state index in [2.05, 4.69) is 19.5 Å². The summed E-state index contributed by atoms with van der Waals surface area (Å²) in [4.78, 5) is 17.3. The Kier molecular flexibility index (Phi) is 3.35. The molecular formula is C7H6N4O3. The van der Waals surface area contributed by atoms with E-state index in [9.17, 15) is 4.79 Å². The quantitative estimate of drug-likeness (QED) is 0.282. The molecule has 1 aliphatic rings. The van der Waals surface area contributed by atoms with Crippen molar-refractivity contribution in [3.8, 4) is 6.19 Å². The zero-order valence-electron chi connectivity index (χ0n) is 7.06. The number of aliphatic imine (C=N–C) groups is 2. The highest BCUT2D eigenvalue weighted by molar-refractivity contribution is 5.90. The van der Waals surface area contributed by atoms with Crippen molar-refractivity contribution in [3.63, 3.8) is 0 Å². The lowest BCUT2D eigenvalue weighted by molar-refractivity contribution is 0.00414. The van der Waals surface area contributed by atoms with Gasteiger partial charge in [-0.15, -0.1) is 0 Å². The summed E-state index contributed by atoms with van der Waals surface area (Å²) in [6, 6.07) is 1.76. The minimum atomic E-state index is -0.753. The molecular weight excluding hydrogens is 188 g/mol. The highest BCUT2D eigenvalue weighted by Crippen LogP contribution is 2.10. The molecule has 1 saturated heterocycles. The van der Waals surface area contributed by atoms with Gasteiger partial charge in [-0.2, -0.15) is 15.2 Å². The van der Waals surface area contributed by atoms with Crippen molar-refractivity contribution in [2.45, 2.75) is 0 Å². The van der Waals surface area contributed by atoms with Crippen LogP contribution < -0.4 is 0 Å². The molecule has 1 N–H and O–H groups in total. The normalized spacial score (nSPS) is 17.4. The first-order chi connectivity index (χ1) is 6.77. The van der Waals surface area contributed by atoms with Crippen LogP contribution in [0.3, 0.4) is 0 Å². The van der Waals surface area contributed by atoms with Gasteiger partial charge in [0.05, 0.1) is 11.9 Å². The van der Waals surface area contributed by atoms with Crippen molar-refractivity contribution in [1.29, 1.82) is 10.7 Å². The molecule has 0 aromatic heterocycles. The van der Waals surface area contributed by atoms with Gasteiger partial charge < -0.3 is 9.47 Å². The molecule has 0 unspecified atom stereocenters. The fourth-order valence-electron chi connectivity index (χ4n) is 0.892. The molecule has 0 atom stereocenters. The maximum absolute atomic E-state index is 10.5. The van der Waals surface area contributed by atoms with Crippen LogP contribution in [0.1, 0.15) is 0 Å². The van der Waals surface area contributed by atoms with Crippen LogP contribution in [0.15, 0.2) is 9.98 Å². The Bertz CT molecular complexity index is 340. The second kappa shape index (κ2) is 4.74. The van der Waals surface area contributed by atoms with Crippen molar-refractivity contribution in [3.05, 3.63) is 0 Å². The number of nitrogens with one attached hydrogen (secondary N) is 1. The summed E-state index contributed by atoms with van der Waals surface area (Å²) in [6.07, 6.45) is 0.783. The molecule has 0 spiro atoms. The van der Waals surface area contributed by atoms with Gasteiger partial charge in [0.25, 0.3) is 0 Å². The second-order valence-electron chi connectivity index (χ2n) is 2.36. The van der Waals surface area contributed by atoms with E-state index in [1.807, 2.05) is 0 Å². The van der Waals surface area contributed by atoms with E-state index in [-0.39, 0.29) is 19.0 Å². The molecule has 72 valence electrons. The fraction of sp³-hybridized carbons (Fsp3) is 0.429. The number of nitriles is 1. The average Bonchev–Trinajstić information content (AvgIpc) is 2.19. The molecule has 14 heavy (non-hydrogen) atoms. The van der Waals surface area contributed by atoms with E-state index in [1.165, 1.54) is 6.19 Å². The van der Waals surface area contributed by atoms with Crippen LogP contribution in [0.2, 0.25) is 0 Å². The lowest BCUT2D eigenvalue weighted by Gasteiger charge is -2.19. The summed E-state index contributed by atoms with van der Waals surface area (Å²) >= 11 is 0. The molecule has 1 rings (SSSR count). The summed E-state index contributed by atoms with van der Waals surface area (Å²) in [5.41, 5.74) is 0. The number of amidine groups is 1. The molecule has 0 aliphatic carbocycles. The van der Waals surface area contributed by atoms with Crippen LogP contribution in [0.4, 0.5) is 4.79 Å². The predicted molar refractivity (Wildman–Crippen MR) is 44.0 cm³/mol. The van der Waals surface area contributed by atoms with E-state index < -0.39 is 12.1 Å². The number of cyclic esters (lactones) is 2. The van der Waals surface area contributed by atoms with Gasteiger partial charge in [-0.05, 0) is 0 Å². The molecule has 7 heteroatoms. The Morgan fingerprint density at radius 3 is 2.71 bits per heavy atom. The van der Waals surface area contributed by atoms with Gasteiger partial charge in [-0.1, -0.05) is 0 Å². The molecule has 0 aromatic carbocycles. The van der Waals surface area contributed by atoms with Crippen molar-refractivity contribution in [2.24, 2.45) is 15.9 Å². The minimum absolute atomic E-state index is 0.0462. The first-order valence-electron chi connectivity index (χ1n) is 3.66. The lowest BCUT2D eigenvalue weighted by atomic mass is 10.1. The van der Waals surface area contributed by atoms with Crippen LogP contribution in [0.25, 0.3) is 0 Å². The Morgan fingerprint density at radius 1 is 1.57 bits per heavy atom. The standard InChI is InChI=1S/C7H6N4O3/c8-3-10-6(11-4-9)5-1-13-7(12)14-2-5/h5,8H,1-2H2. The van der Waals surface area contributed by atoms with E-state index in [0.29, 0.717) is 0 Å². The molecule has 0 amide bonds. The molecule has 1 aliphatic heterocycles. The zero-order valence-corrected chi connectivity index (χ0v) is 7.06. The Labute approximate surface area is 79.2 Å². The number of hydrogen-bond donors (Lipinski definition) is 1. The summed E-state index contributed by atoms with van der Waals surface area (Å²) in [5, 5.41) is 14.9. The third kappa shape index (κ3) is 2.40. The average molecular weight is 194 g/mol. The molecule has 0 radical (unpaired) electrons. The number of nitrogens with zero attached hydrogens (tertiary/aromatic N) is 3. The second-order valence-corrected chi connectivity index (χ2v) is 2.36. The lowest BCUT2D eigenvalue weighted by Crippen LogP contribution is -2.32. The van der Waals surface area contributed by atoms with Crippen molar-refractivity contribution >= 4 is 18.0 Å². The largest absolute Gasteiger partial charge is 0.508 e. The van der Waals surface area contributed by atoms with E-state index in [4.69, 9.17) is 10.7 Å². The molecule has 0 aromatic rings. The van der Waals surface area contributed by atoms with Gasteiger partial charge in [0.2, 0.25) is 6.19 Å². The predicted octanol–water partition coefficient (Wildman–Crippen LogP) is 0.402. The molecule has 0 bridgehead atoms. The van der Waals surface area contributed by atoms with Gasteiger partial charge in [-0.25, -0.2) is 10.2 Å². The van der Waals surface area contributed by atoms with Crippen LogP contribution in [-0.4, -0.2) is 31.2 Å². The van der Waals surface area contributed by atoms with E-state index >= 15 is 0 Å². The van der Waals surface area contributed by atoms with Gasteiger partial charge in [-0.3, -0.25) is 0 Å². The Balaban J connectivity index is 2.71. The first kappa shape index (κ1) is 9.89. The summed E-state index contributed by atoms with van der Waals surface area (Å²) in [5.74, 6) is -0.333. The fourth-order valence-corrected chi connectivity index (χ4v) is 0.892. The number of carbonyl (C=O) groups is 1. The van der Waals surface area contributed by atoms with Crippen LogP contribution in [-0.2, 0) is 9.47 Å². The number of hydrogen-bond acceptors (Lipinski definition) is 6. The number of ether oxygens (including phenoxy) is 2. The van der Waals surface area contributed by atoms with E-state index in [0.717, 1.165) is 0 Å². The van der Waals surface area contributed by atoms with Gasteiger partial charge >= 0.3 is 6.16 Å². The minimum Gasteiger partial charge on any atom is -0.433 e. The summed E-state index contributed by atoms with van der Waals surface area (Å²) in [7, 11) is 0. The van der Waals surface area contributed by atoms with Crippen LogP contribution >= 0.6 is 0 Å². The van der Waals surface area contributed by atoms with Crippen LogP contribution in [0, 0.1) is 22.8 Å². The Hall–Kier alpha value is -2.19.